The van der Waals surface area contributed by atoms with E-state index in [0.29, 0.717) is 0 Å². The number of nitrogen functional groups attached to an aromatic ring is 1. The number of anilines is 1. The second-order valence-corrected chi connectivity index (χ2v) is 4.39. The molecule has 0 atom stereocenters. The molecule has 114 valence electrons. The average Bonchev–Trinajstić information content (AvgIpc) is 2.15. The molecule has 0 radical (unpaired) electrons. The molecule has 0 aromatic heterocycles. The summed E-state index contributed by atoms with van der Waals surface area (Å²) in [6.45, 7) is 0. The minimum Gasteiger partial charge on any atom is -0.399 e. The van der Waals surface area contributed by atoms with Gasteiger partial charge in [0.05, 0.1) is 0 Å². The van der Waals surface area contributed by atoms with Crippen LogP contribution in [0.15, 0.2) is 30.3 Å². The third-order valence-corrected chi connectivity index (χ3v) is 1.57. The summed E-state index contributed by atoms with van der Waals surface area (Å²) >= 11 is 0. The Balaban J connectivity index is -0.000000253. The highest BCUT2D eigenvalue weighted by molar-refractivity contribution is 7.83. The molecule has 0 bridgehead atoms. The zero-order valence-corrected chi connectivity index (χ0v) is 11.2. The number of nitrogens with two attached hydrogens (primary N) is 1. The van der Waals surface area contributed by atoms with Gasteiger partial charge in [0.15, 0.2) is 0 Å². The van der Waals surface area contributed by atoms with E-state index in [-0.39, 0.29) is 12.3 Å². The second-order valence-electron chi connectivity index (χ2n) is 2.40. The van der Waals surface area contributed by atoms with E-state index in [1.807, 2.05) is 30.3 Å². The molecule has 10 N–H and O–H groups in total. The smallest absolute Gasteiger partial charge is 0.399 e. The number of benzene rings is 1. The van der Waals surface area contributed by atoms with Crippen LogP contribution in [0.3, 0.4) is 0 Å². The van der Waals surface area contributed by atoms with Gasteiger partial charge in [0.1, 0.15) is 0 Å². The maximum atomic E-state index is 9.51. The van der Waals surface area contributed by atoms with E-state index in [9.17, 15) is 16.8 Å². The largest absolute Gasteiger partial charge is 0.425 e. The zero-order valence-electron chi connectivity index (χ0n) is 9.54. The first kappa shape index (κ1) is 22.8. The van der Waals surface area contributed by atoms with E-state index >= 15 is 0 Å². The highest BCUT2D eigenvalue weighted by atomic mass is 32.3. The molecule has 11 nitrogen and oxygen atoms in total. The summed E-state index contributed by atoms with van der Waals surface area (Å²) in [6.07, 6.45) is 0. The number of hydrogen-bond acceptors (Lipinski definition) is 9. The van der Waals surface area contributed by atoms with Crippen molar-refractivity contribution in [1.29, 1.82) is 0 Å². The highest BCUT2D eigenvalue weighted by Gasteiger charge is 2.13. The summed E-state index contributed by atoms with van der Waals surface area (Å²) in [5, 5.41) is 0. The van der Waals surface area contributed by atoms with Gasteiger partial charge in [-0.3, -0.25) is 9.11 Å². The summed E-state index contributed by atoms with van der Waals surface area (Å²) in [4.78, 5) is 0. The van der Waals surface area contributed by atoms with Crippen molar-refractivity contribution in [1.82, 2.24) is 12.3 Å². The molecule has 1 rings (SSSR count). The van der Waals surface area contributed by atoms with Crippen LogP contribution < -0.4 is 18.0 Å². The van der Waals surface area contributed by atoms with Crippen LogP contribution in [0.4, 0.5) is 5.69 Å². The topological polar surface area (TPSA) is 223 Å². The Morgan fingerprint density at radius 3 is 1.32 bits per heavy atom. The fourth-order valence-corrected chi connectivity index (χ4v) is 1.08. The molecule has 0 aliphatic heterocycles. The van der Waals surface area contributed by atoms with Crippen LogP contribution in [-0.2, 0) is 29.5 Å². The first-order valence-electron chi connectivity index (χ1n) is 3.73. The molecule has 0 heterocycles. The highest BCUT2D eigenvalue weighted by Crippen LogP contribution is 1.96. The Morgan fingerprint density at radius 1 is 0.842 bits per heavy atom. The first-order valence-corrected chi connectivity index (χ1v) is 6.46. The monoisotopic (exact) mass is 321 g/mol. The van der Waals surface area contributed by atoms with Crippen molar-refractivity contribution in [2.75, 3.05) is 5.73 Å². The van der Waals surface area contributed by atoms with E-state index in [0.717, 1.165) is 5.69 Å². The van der Waals surface area contributed by atoms with Gasteiger partial charge in [-0.15, -0.1) is 0 Å². The molecule has 0 fully saturated rings. The maximum absolute atomic E-state index is 9.51. The SMILES string of the molecule is N.N.Nc1ccccc1.O=S(=O)(O)OOS(=O)(=O)O. The molecule has 0 saturated carbocycles. The first-order chi connectivity index (χ1) is 7.60. The average molecular weight is 321 g/mol. The van der Waals surface area contributed by atoms with Crippen LogP contribution in [0.2, 0.25) is 0 Å². The van der Waals surface area contributed by atoms with Crippen LogP contribution >= 0.6 is 0 Å². The van der Waals surface area contributed by atoms with E-state index in [1.165, 1.54) is 0 Å². The van der Waals surface area contributed by atoms with Gasteiger partial charge in [0.25, 0.3) is 0 Å². The second kappa shape index (κ2) is 9.59. The minimum absolute atomic E-state index is 0. The van der Waals surface area contributed by atoms with Gasteiger partial charge in [-0.25, -0.2) is 0 Å². The molecule has 0 aliphatic carbocycles. The van der Waals surface area contributed by atoms with Crippen molar-refractivity contribution in [3.05, 3.63) is 30.3 Å². The molecule has 1 aromatic carbocycles. The molecule has 0 aliphatic rings. The van der Waals surface area contributed by atoms with Crippen molar-refractivity contribution >= 4 is 26.5 Å². The fourth-order valence-electron chi connectivity index (χ4n) is 0.523. The van der Waals surface area contributed by atoms with Gasteiger partial charge >= 0.3 is 20.8 Å². The normalized spacial score (nSPS) is 10.2. The predicted molar refractivity (Wildman–Crippen MR) is 66.2 cm³/mol. The third kappa shape index (κ3) is 19.2. The lowest BCUT2D eigenvalue weighted by atomic mass is 10.3. The molecule has 13 heteroatoms. The molecular weight excluding hydrogens is 306 g/mol. The molecule has 0 spiro atoms. The Morgan fingerprint density at radius 2 is 1.16 bits per heavy atom. The Labute approximate surface area is 110 Å². The van der Waals surface area contributed by atoms with Crippen LogP contribution in [0.1, 0.15) is 0 Å². The Kier molecular flexibility index (Phi) is 11.5. The van der Waals surface area contributed by atoms with Crippen molar-refractivity contribution in [3.8, 4) is 0 Å². The fraction of sp³-hybridized carbons (Fsp3) is 0. The van der Waals surface area contributed by atoms with Gasteiger partial charge in [-0.05, 0) is 12.1 Å². The van der Waals surface area contributed by atoms with Gasteiger partial charge in [0, 0.05) is 5.69 Å². The van der Waals surface area contributed by atoms with Crippen LogP contribution in [0, 0.1) is 0 Å². The molecule has 1 aromatic rings. The lowest BCUT2D eigenvalue weighted by Gasteiger charge is -1.92. The van der Waals surface area contributed by atoms with E-state index in [4.69, 9.17) is 14.8 Å². The number of para-hydroxylation sites is 1. The van der Waals surface area contributed by atoms with E-state index in [2.05, 4.69) is 8.67 Å². The standard InChI is InChI=1S/C6H7N.2H3N.H2O8S2/c7-6-4-2-1-3-5-6;;;1-9(2,3)7-8-10(4,5)6/h1-5H,7H2;2*1H3;(H,1,2,3)(H,4,5,6). The number of rotatable bonds is 3. The van der Waals surface area contributed by atoms with E-state index in [1.54, 1.807) is 0 Å². The third-order valence-electron chi connectivity index (χ3n) is 0.999. The lowest BCUT2D eigenvalue weighted by molar-refractivity contribution is -0.105. The van der Waals surface area contributed by atoms with Gasteiger partial charge in [-0.2, -0.15) is 16.8 Å². The summed E-state index contributed by atoms with van der Waals surface area (Å²) < 4.78 is 58.9. The zero-order chi connectivity index (χ0) is 13.5. The Hall–Kier alpha value is -1.32. The summed E-state index contributed by atoms with van der Waals surface area (Å²) in [5.74, 6) is 0. The molecule has 0 amide bonds. The Bertz CT molecular complexity index is 497. The molecule has 0 unspecified atom stereocenters. The van der Waals surface area contributed by atoms with Crippen molar-refractivity contribution in [3.63, 3.8) is 0 Å². The van der Waals surface area contributed by atoms with Crippen molar-refractivity contribution in [2.24, 2.45) is 0 Å². The summed E-state index contributed by atoms with van der Waals surface area (Å²) in [6, 6.07) is 9.49. The summed E-state index contributed by atoms with van der Waals surface area (Å²) in [5.41, 5.74) is 6.18. The predicted octanol–water partition coefficient (Wildman–Crippen LogP) is 0.133. The van der Waals surface area contributed by atoms with Crippen LogP contribution in [-0.4, -0.2) is 25.9 Å². The van der Waals surface area contributed by atoms with Crippen molar-refractivity contribution < 1.29 is 34.6 Å². The quantitative estimate of drug-likeness (QED) is 0.217. The van der Waals surface area contributed by atoms with Crippen LogP contribution in [0.5, 0.6) is 0 Å². The summed E-state index contributed by atoms with van der Waals surface area (Å²) in [7, 11) is -10.0. The molecule has 19 heavy (non-hydrogen) atoms. The molecular formula is C6H15N3O8S2. The van der Waals surface area contributed by atoms with Crippen molar-refractivity contribution in [2.45, 2.75) is 0 Å². The van der Waals surface area contributed by atoms with Gasteiger partial charge in [0.2, 0.25) is 0 Å². The minimum atomic E-state index is -5.02. The van der Waals surface area contributed by atoms with Gasteiger partial charge in [-0.1, -0.05) is 26.9 Å². The van der Waals surface area contributed by atoms with E-state index < -0.39 is 20.8 Å². The van der Waals surface area contributed by atoms with Gasteiger partial charge < -0.3 is 18.0 Å². The lowest BCUT2D eigenvalue weighted by Crippen LogP contribution is -2.10. The number of hydrogen-bond donors (Lipinski definition) is 5. The molecule has 0 saturated heterocycles. The maximum Gasteiger partial charge on any atom is 0.425 e. The van der Waals surface area contributed by atoms with Crippen LogP contribution in [0.25, 0.3) is 0 Å².